The molecule has 0 aromatic heterocycles. The third-order valence-electron chi connectivity index (χ3n) is 3.86. The quantitative estimate of drug-likeness (QED) is 0.673. The first-order valence-electron chi connectivity index (χ1n) is 8.26. The number of hydrazine groups is 1. The zero-order valence-corrected chi connectivity index (χ0v) is 14.3. The summed E-state index contributed by atoms with van der Waals surface area (Å²) in [6.07, 6.45) is 2.46. The summed E-state index contributed by atoms with van der Waals surface area (Å²) < 4.78 is 5.69. The highest BCUT2D eigenvalue weighted by atomic mass is 16.5. The van der Waals surface area contributed by atoms with Crippen molar-refractivity contribution in [3.8, 4) is 5.75 Å². The van der Waals surface area contributed by atoms with E-state index in [-0.39, 0.29) is 11.5 Å². The van der Waals surface area contributed by atoms with Crippen LogP contribution in [0.4, 0.5) is 5.69 Å². The standard InChI is InChI=1S/C20H20N2O3/c1-3-12-25-18-7-5-4-6-15(18)13-17-19(23)21-22(20(17)24)16-10-8-14(2)9-11-16/h4-11,13H,3,12H2,1-2H3,(H,21,23)/b17-13+. The smallest absolute Gasteiger partial charge is 0.282 e. The number of amides is 2. The van der Waals surface area contributed by atoms with Crippen molar-refractivity contribution < 1.29 is 14.3 Å². The Morgan fingerprint density at radius 2 is 1.80 bits per heavy atom. The Morgan fingerprint density at radius 3 is 2.52 bits per heavy atom. The predicted octanol–water partition coefficient (Wildman–Crippen LogP) is 3.25. The van der Waals surface area contributed by atoms with Crippen LogP contribution >= 0.6 is 0 Å². The van der Waals surface area contributed by atoms with Crippen molar-refractivity contribution >= 4 is 23.6 Å². The van der Waals surface area contributed by atoms with E-state index >= 15 is 0 Å². The van der Waals surface area contributed by atoms with Gasteiger partial charge in [0.05, 0.1) is 12.3 Å². The molecule has 0 atom stereocenters. The van der Waals surface area contributed by atoms with E-state index in [4.69, 9.17) is 4.74 Å². The summed E-state index contributed by atoms with van der Waals surface area (Å²) in [4.78, 5) is 24.9. The van der Waals surface area contributed by atoms with E-state index in [0.717, 1.165) is 12.0 Å². The van der Waals surface area contributed by atoms with Gasteiger partial charge >= 0.3 is 0 Å². The third kappa shape index (κ3) is 3.55. The molecule has 5 nitrogen and oxygen atoms in total. The molecule has 1 heterocycles. The number of carbonyl (C=O) groups is 2. The molecule has 0 spiro atoms. The Morgan fingerprint density at radius 1 is 1.08 bits per heavy atom. The van der Waals surface area contributed by atoms with E-state index in [9.17, 15) is 9.59 Å². The number of hydrogen-bond donors (Lipinski definition) is 1. The van der Waals surface area contributed by atoms with Gasteiger partial charge in [0, 0.05) is 5.56 Å². The molecule has 0 radical (unpaired) electrons. The van der Waals surface area contributed by atoms with Crippen molar-refractivity contribution in [2.24, 2.45) is 0 Å². The fourth-order valence-corrected chi connectivity index (χ4v) is 2.53. The second-order valence-electron chi connectivity index (χ2n) is 5.86. The van der Waals surface area contributed by atoms with Gasteiger partial charge in [0.2, 0.25) is 0 Å². The summed E-state index contributed by atoms with van der Waals surface area (Å²) in [6.45, 7) is 4.57. The predicted molar refractivity (Wildman–Crippen MR) is 97.0 cm³/mol. The van der Waals surface area contributed by atoms with Crippen LogP contribution in [-0.4, -0.2) is 18.4 Å². The molecule has 2 aromatic carbocycles. The zero-order valence-electron chi connectivity index (χ0n) is 14.3. The van der Waals surface area contributed by atoms with Gasteiger partial charge in [-0.15, -0.1) is 0 Å². The number of hydrogen-bond acceptors (Lipinski definition) is 3. The van der Waals surface area contributed by atoms with Crippen molar-refractivity contribution in [2.45, 2.75) is 20.3 Å². The van der Waals surface area contributed by atoms with Gasteiger partial charge in [-0.25, -0.2) is 5.01 Å². The molecule has 3 rings (SSSR count). The summed E-state index contributed by atoms with van der Waals surface area (Å²) in [5.74, 6) is -0.138. The lowest BCUT2D eigenvalue weighted by atomic mass is 10.1. The third-order valence-corrected chi connectivity index (χ3v) is 3.86. The SMILES string of the molecule is CCCOc1ccccc1/C=C1\C(=O)NN(c2ccc(C)cc2)C1=O. The molecule has 128 valence electrons. The van der Waals surface area contributed by atoms with E-state index < -0.39 is 5.91 Å². The molecular weight excluding hydrogens is 316 g/mol. The zero-order chi connectivity index (χ0) is 17.8. The molecular formula is C20H20N2O3. The molecule has 25 heavy (non-hydrogen) atoms. The molecule has 2 aromatic rings. The van der Waals surface area contributed by atoms with Crippen LogP contribution in [0.2, 0.25) is 0 Å². The van der Waals surface area contributed by atoms with Gasteiger partial charge in [-0.05, 0) is 37.6 Å². The molecule has 0 aliphatic carbocycles. The van der Waals surface area contributed by atoms with Crippen LogP contribution in [0.5, 0.6) is 5.75 Å². The lowest BCUT2D eigenvalue weighted by Gasteiger charge is -2.14. The maximum absolute atomic E-state index is 12.7. The number of benzene rings is 2. The number of rotatable bonds is 5. The lowest BCUT2D eigenvalue weighted by Crippen LogP contribution is -2.35. The normalized spacial score (nSPS) is 15.6. The van der Waals surface area contributed by atoms with Crippen LogP contribution in [0.15, 0.2) is 54.1 Å². The second kappa shape index (κ2) is 7.21. The van der Waals surface area contributed by atoms with Crippen molar-refractivity contribution in [3.63, 3.8) is 0 Å². The molecule has 0 saturated carbocycles. The largest absolute Gasteiger partial charge is 0.493 e. The Kier molecular flexibility index (Phi) is 4.84. The first kappa shape index (κ1) is 16.8. The lowest BCUT2D eigenvalue weighted by molar-refractivity contribution is -0.117. The maximum atomic E-state index is 12.7. The van der Waals surface area contributed by atoms with Gasteiger partial charge in [-0.2, -0.15) is 0 Å². The van der Waals surface area contributed by atoms with Crippen molar-refractivity contribution in [1.82, 2.24) is 5.43 Å². The number of aryl methyl sites for hydroxylation is 1. The van der Waals surface area contributed by atoms with E-state index in [0.29, 0.717) is 23.6 Å². The molecule has 0 bridgehead atoms. The van der Waals surface area contributed by atoms with Crippen molar-refractivity contribution in [3.05, 3.63) is 65.2 Å². The number of para-hydroxylation sites is 1. The highest BCUT2D eigenvalue weighted by Crippen LogP contribution is 2.25. The van der Waals surface area contributed by atoms with Crippen LogP contribution in [0, 0.1) is 6.92 Å². The van der Waals surface area contributed by atoms with Crippen LogP contribution in [-0.2, 0) is 9.59 Å². The van der Waals surface area contributed by atoms with Gasteiger partial charge < -0.3 is 4.74 Å². The summed E-state index contributed by atoms with van der Waals surface area (Å²) >= 11 is 0. The number of carbonyl (C=O) groups excluding carboxylic acids is 2. The minimum atomic E-state index is -0.420. The average Bonchev–Trinajstić information content (AvgIpc) is 2.90. The molecule has 1 fully saturated rings. The Labute approximate surface area is 146 Å². The van der Waals surface area contributed by atoms with Crippen LogP contribution in [0.25, 0.3) is 6.08 Å². The van der Waals surface area contributed by atoms with Crippen LogP contribution < -0.4 is 15.2 Å². The first-order valence-corrected chi connectivity index (χ1v) is 8.26. The van der Waals surface area contributed by atoms with Crippen LogP contribution in [0.3, 0.4) is 0 Å². The van der Waals surface area contributed by atoms with Gasteiger partial charge in [0.15, 0.2) is 0 Å². The first-order chi connectivity index (χ1) is 12.1. The topological polar surface area (TPSA) is 58.6 Å². The second-order valence-corrected chi connectivity index (χ2v) is 5.86. The average molecular weight is 336 g/mol. The summed E-state index contributed by atoms with van der Waals surface area (Å²) in [6, 6.07) is 14.8. The minimum Gasteiger partial charge on any atom is -0.493 e. The number of ether oxygens (including phenoxy) is 1. The highest BCUT2D eigenvalue weighted by molar-refractivity contribution is 6.31. The molecule has 0 unspecified atom stereocenters. The van der Waals surface area contributed by atoms with Gasteiger partial charge in [-0.3, -0.25) is 15.0 Å². The molecule has 5 heteroatoms. The minimum absolute atomic E-state index is 0.0909. The van der Waals surface area contributed by atoms with E-state index in [2.05, 4.69) is 5.43 Å². The fourth-order valence-electron chi connectivity index (χ4n) is 2.53. The van der Waals surface area contributed by atoms with Crippen molar-refractivity contribution in [2.75, 3.05) is 11.6 Å². The van der Waals surface area contributed by atoms with E-state index in [1.165, 1.54) is 5.01 Å². The number of anilines is 1. The Balaban J connectivity index is 1.90. The maximum Gasteiger partial charge on any atom is 0.282 e. The van der Waals surface area contributed by atoms with Gasteiger partial charge in [-0.1, -0.05) is 42.8 Å². The number of nitrogens with one attached hydrogen (secondary N) is 1. The van der Waals surface area contributed by atoms with Gasteiger partial charge in [0.25, 0.3) is 11.8 Å². The van der Waals surface area contributed by atoms with Gasteiger partial charge in [0.1, 0.15) is 11.3 Å². The van der Waals surface area contributed by atoms with E-state index in [1.807, 2.05) is 50.2 Å². The number of nitrogens with zero attached hydrogens (tertiary/aromatic N) is 1. The Hall–Kier alpha value is -3.08. The molecule has 1 N–H and O–H groups in total. The summed E-state index contributed by atoms with van der Waals surface area (Å²) in [5, 5.41) is 1.27. The monoisotopic (exact) mass is 336 g/mol. The Bertz CT molecular complexity index is 825. The molecule has 1 saturated heterocycles. The molecule has 1 aliphatic heterocycles. The van der Waals surface area contributed by atoms with E-state index in [1.54, 1.807) is 18.2 Å². The molecule has 1 aliphatic rings. The fraction of sp³-hybridized carbons (Fsp3) is 0.200. The summed E-state index contributed by atoms with van der Waals surface area (Å²) in [7, 11) is 0. The highest BCUT2D eigenvalue weighted by Gasteiger charge is 2.34. The summed E-state index contributed by atoms with van der Waals surface area (Å²) in [5.41, 5.74) is 5.12. The van der Waals surface area contributed by atoms with Crippen LogP contribution in [0.1, 0.15) is 24.5 Å². The van der Waals surface area contributed by atoms with Crippen molar-refractivity contribution in [1.29, 1.82) is 0 Å². The molecule has 2 amide bonds.